The average Bonchev–Trinajstić information content (AvgIpc) is 3.30. The van der Waals surface area contributed by atoms with Gasteiger partial charge in [-0.25, -0.2) is 0 Å². The van der Waals surface area contributed by atoms with Crippen LogP contribution in [0.4, 0.5) is 5.69 Å². The van der Waals surface area contributed by atoms with Crippen molar-refractivity contribution in [3.8, 4) is 11.4 Å². The van der Waals surface area contributed by atoms with Gasteiger partial charge in [-0.1, -0.05) is 47.1 Å². The first-order chi connectivity index (χ1) is 12.7. The minimum Gasteiger partial charge on any atom is -0.347 e. The van der Waals surface area contributed by atoms with Gasteiger partial charge in [0.1, 0.15) is 0 Å². The molecule has 0 amide bonds. The number of para-hydroxylation sites is 1. The van der Waals surface area contributed by atoms with E-state index in [0.29, 0.717) is 23.3 Å². The molecule has 4 rings (SSSR count). The Hall–Kier alpha value is -2.13. The Labute approximate surface area is 179 Å². The van der Waals surface area contributed by atoms with Crippen LogP contribution in [0.3, 0.4) is 0 Å². The SMILES string of the molecule is CN=C(NCc1nc(-c2cccc(Cl)c2)no1)N1CCc2ccccc21.I. The molecule has 2 aromatic carbocycles. The summed E-state index contributed by atoms with van der Waals surface area (Å²) in [5, 5.41) is 7.96. The first-order valence-corrected chi connectivity index (χ1v) is 8.77. The lowest BCUT2D eigenvalue weighted by atomic mass is 10.2. The zero-order valence-electron chi connectivity index (χ0n) is 14.7. The maximum absolute atomic E-state index is 6.02. The molecule has 1 aromatic heterocycles. The first kappa shape index (κ1) is 19.6. The lowest BCUT2D eigenvalue weighted by Gasteiger charge is -2.21. The van der Waals surface area contributed by atoms with E-state index in [1.165, 1.54) is 11.3 Å². The van der Waals surface area contributed by atoms with Crippen molar-refractivity contribution >= 4 is 47.2 Å². The number of nitrogens with one attached hydrogen (secondary N) is 1. The quantitative estimate of drug-likeness (QED) is 0.336. The maximum Gasteiger partial charge on any atom is 0.246 e. The van der Waals surface area contributed by atoms with Crippen LogP contribution < -0.4 is 10.2 Å². The number of nitrogens with zero attached hydrogens (tertiary/aromatic N) is 4. The Kier molecular flexibility index (Phi) is 6.33. The van der Waals surface area contributed by atoms with E-state index in [-0.39, 0.29) is 24.0 Å². The van der Waals surface area contributed by atoms with E-state index in [2.05, 4.69) is 43.5 Å². The fraction of sp³-hybridized carbons (Fsp3) is 0.211. The van der Waals surface area contributed by atoms with Crippen molar-refractivity contribution in [3.63, 3.8) is 0 Å². The number of benzene rings is 2. The van der Waals surface area contributed by atoms with Crippen molar-refractivity contribution in [1.29, 1.82) is 0 Å². The van der Waals surface area contributed by atoms with Crippen LogP contribution in [0.1, 0.15) is 11.5 Å². The van der Waals surface area contributed by atoms with Gasteiger partial charge in [0, 0.05) is 29.9 Å². The number of rotatable bonds is 3. The summed E-state index contributed by atoms with van der Waals surface area (Å²) in [6.07, 6.45) is 1.01. The van der Waals surface area contributed by atoms with Crippen LogP contribution in [0, 0.1) is 0 Å². The molecule has 1 aliphatic rings. The summed E-state index contributed by atoms with van der Waals surface area (Å²) in [5.74, 6) is 1.80. The molecule has 0 bridgehead atoms. The fourth-order valence-corrected chi connectivity index (χ4v) is 3.27. The van der Waals surface area contributed by atoms with Crippen molar-refractivity contribution in [3.05, 3.63) is 65.0 Å². The van der Waals surface area contributed by atoms with Crippen molar-refractivity contribution in [1.82, 2.24) is 15.5 Å². The van der Waals surface area contributed by atoms with E-state index in [1.54, 1.807) is 7.05 Å². The normalized spacial score (nSPS) is 13.3. The van der Waals surface area contributed by atoms with E-state index in [1.807, 2.05) is 30.3 Å². The van der Waals surface area contributed by atoms with Crippen molar-refractivity contribution in [2.45, 2.75) is 13.0 Å². The smallest absolute Gasteiger partial charge is 0.246 e. The molecule has 8 heteroatoms. The number of guanidine groups is 1. The summed E-state index contributed by atoms with van der Waals surface area (Å²) in [5.41, 5.74) is 3.34. The molecule has 0 saturated carbocycles. The monoisotopic (exact) mass is 495 g/mol. The molecule has 27 heavy (non-hydrogen) atoms. The van der Waals surface area contributed by atoms with Gasteiger partial charge >= 0.3 is 0 Å². The Bertz CT molecular complexity index is 959. The number of aromatic nitrogens is 2. The van der Waals surface area contributed by atoms with E-state index in [4.69, 9.17) is 16.1 Å². The third kappa shape index (κ3) is 4.24. The van der Waals surface area contributed by atoms with Gasteiger partial charge in [0.05, 0.1) is 6.54 Å². The molecule has 140 valence electrons. The fourth-order valence-electron chi connectivity index (χ4n) is 3.08. The second-order valence-electron chi connectivity index (χ2n) is 5.95. The Morgan fingerprint density at radius 3 is 2.93 bits per heavy atom. The summed E-state index contributed by atoms with van der Waals surface area (Å²) < 4.78 is 5.35. The molecule has 0 atom stereocenters. The van der Waals surface area contributed by atoms with Crippen molar-refractivity contribution < 1.29 is 4.52 Å². The van der Waals surface area contributed by atoms with Gasteiger partial charge in [0.2, 0.25) is 11.7 Å². The zero-order valence-corrected chi connectivity index (χ0v) is 17.8. The lowest BCUT2D eigenvalue weighted by molar-refractivity contribution is 0.375. The van der Waals surface area contributed by atoms with Gasteiger partial charge < -0.3 is 14.7 Å². The first-order valence-electron chi connectivity index (χ1n) is 8.39. The number of aliphatic imine (C=N–C) groups is 1. The number of halogens is 2. The largest absolute Gasteiger partial charge is 0.347 e. The van der Waals surface area contributed by atoms with Crippen molar-refractivity contribution in [2.24, 2.45) is 4.99 Å². The third-order valence-electron chi connectivity index (χ3n) is 4.30. The summed E-state index contributed by atoms with van der Waals surface area (Å²) in [6.45, 7) is 1.30. The molecule has 1 N–H and O–H groups in total. The molecule has 0 aliphatic carbocycles. The van der Waals surface area contributed by atoms with Crippen LogP contribution >= 0.6 is 35.6 Å². The second-order valence-corrected chi connectivity index (χ2v) is 6.39. The van der Waals surface area contributed by atoms with Crippen molar-refractivity contribution in [2.75, 3.05) is 18.5 Å². The Morgan fingerprint density at radius 1 is 1.26 bits per heavy atom. The summed E-state index contributed by atoms with van der Waals surface area (Å²) in [7, 11) is 1.77. The third-order valence-corrected chi connectivity index (χ3v) is 4.54. The number of anilines is 1. The minimum absolute atomic E-state index is 0. The zero-order chi connectivity index (χ0) is 17.9. The van der Waals surface area contributed by atoms with Gasteiger partial charge in [-0.05, 0) is 30.2 Å². The maximum atomic E-state index is 6.02. The summed E-state index contributed by atoms with van der Waals surface area (Å²) in [4.78, 5) is 11.0. The molecule has 0 spiro atoms. The topological polar surface area (TPSA) is 66.5 Å². The molecule has 0 fully saturated rings. The predicted octanol–water partition coefficient (Wildman–Crippen LogP) is 4.15. The van der Waals surface area contributed by atoms with E-state index < -0.39 is 0 Å². The standard InChI is InChI=1S/C19H18ClN5O.HI/c1-21-19(25-10-9-13-5-2-3-8-16(13)25)22-12-17-23-18(24-26-17)14-6-4-7-15(20)11-14;/h2-8,11H,9-10,12H2,1H3,(H,21,22);1H. The molecular weight excluding hydrogens is 477 g/mol. The van der Waals surface area contributed by atoms with E-state index in [0.717, 1.165) is 24.5 Å². The van der Waals surface area contributed by atoms with Gasteiger partial charge in [0.15, 0.2) is 5.96 Å². The summed E-state index contributed by atoms with van der Waals surface area (Å²) >= 11 is 6.02. The van der Waals surface area contributed by atoms with Crippen LogP contribution in [0.15, 0.2) is 58.0 Å². The highest BCUT2D eigenvalue weighted by atomic mass is 127. The minimum atomic E-state index is 0. The number of hydrogen-bond acceptors (Lipinski definition) is 4. The molecule has 3 aromatic rings. The molecular formula is C19H19ClIN5O. The molecule has 6 nitrogen and oxygen atoms in total. The summed E-state index contributed by atoms with van der Waals surface area (Å²) in [6, 6.07) is 15.7. The molecule has 0 unspecified atom stereocenters. The van der Waals surface area contributed by atoms with Crippen LogP contribution in [0.2, 0.25) is 5.02 Å². The van der Waals surface area contributed by atoms with Gasteiger partial charge in [-0.2, -0.15) is 4.98 Å². The van der Waals surface area contributed by atoms with Crippen LogP contribution in [-0.2, 0) is 13.0 Å². The Balaban J connectivity index is 0.00000210. The second kappa shape index (κ2) is 8.71. The highest BCUT2D eigenvalue weighted by Gasteiger charge is 2.22. The highest BCUT2D eigenvalue weighted by Crippen LogP contribution is 2.27. The Morgan fingerprint density at radius 2 is 2.11 bits per heavy atom. The lowest BCUT2D eigenvalue weighted by Crippen LogP contribution is -2.40. The van der Waals surface area contributed by atoms with E-state index in [9.17, 15) is 0 Å². The number of hydrogen-bond donors (Lipinski definition) is 1. The van der Waals surface area contributed by atoms with Gasteiger partial charge in [-0.3, -0.25) is 4.99 Å². The van der Waals surface area contributed by atoms with E-state index >= 15 is 0 Å². The van der Waals surface area contributed by atoms with Crippen LogP contribution in [-0.4, -0.2) is 29.7 Å². The van der Waals surface area contributed by atoms with Crippen LogP contribution in [0.25, 0.3) is 11.4 Å². The average molecular weight is 496 g/mol. The molecule has 1 aliphatic heterocycles. The molecule has 0 saturated heterocycles. The molecule has 0 radical (unpaired) electrons. The highest BCUT2D eigenvalue weighted by molar-refractivity contribution is 14.0. The van der Waals surface area contributed by atoms with Crippen LogP contribution in [0.5, 0.6) is 0 Å². The number of fused-ring (bicyclic) bond motifs is 1. The predicted molar refractivity (Wildman–Crippen MR) is 118 cm³/mol. The van der Waals surface area contributed by atoms with Gasteiger partial charge in [0.25, 0.3) is 0 Å². The van der Waals surface area contributed by atoms with Gasteiger partial charge in [-0.15, -0.1) is 24.0 Å². The molecule has 2 heterocycles.